The quantitative estimate of drug-likeness (QED) is 0.709. The number of rotatable bonds is 5. The molecule has 3 rings (SSSR count). The van der Waals surface area contributed by atoms with Gasteiger partial charge in [0.2, 0.25) is 5.91 Å². The van der Waals surface area contributed by atoms with Crippen molar-refractivity contribution < 1.29 is 4.79 Å². The standard InChI is InChI=1S/C22H19N3O/c1-16(22(26)25-21-9-5-6-17(14-21)15-23)24-20-12-10-19(11-13-20)18-7-3-2-4-8-18/h2-14,16,24H,1H3,(H,25,26)/t16-/m1/s1. The van der Waals surface area contributed by atoms with E-state index < -0.39 is 6.04 Å². The van der Waals surface area contributed by atoms with Crippen LogP contribution in [0.5, 0.6) is 0 Å². The van der Waals surface area contributed by atoms with Gasteiger partial charge in [-0.25, -0.2) is 0 Å². The van der Waals surface area contributed by atoms with Crippen molar-refractivity contribution in [1.82, 2.24) is 0 Å². The maximum absolute atomic E-state index is 12.3. The molecule has 0 aliphatic rings. The summed E-state index contributed by atoms with van der Waals surface area (Å²) in [7, 11) is 0. The summed E-state index contributed by atoms with van der Waals surface area (Å²) in [6, 6.07) is 26.6. The lowest BCUT2D eigenvalue weighted by Crippen LogP contribution is -2.31. The van der Waals surface area contributed by atoms with Crippen molar-refractivity contribution in [2.24, 2.45) is 0 Å². The number of nitriles is 1. The van der Waals surface area contributed by atoms with Gasteiger partial charge in [-0.15, -0.1) is 0 Å². The Morgan fingerprint density at radius 3 is 2.27 bits per heavy atom. The zero-order valence-electron chi connectivity index (χ0n) is 14.4. The highest BCUT2D eigenvalue weighted by molar-refractivity contribution is 5.96. The van der Waals surface area contributed by atoms with Crippen LogP contribution in [0.4, 0.5) is 11.4 Å². The molecule has 0 spiro atoms. The number of carbonyl (C=O) groups is 1. The largest absolute Gasteiger partial charge is 0.374 e. The highest BCUT2D eigenvalue weighted by Crippen LogP contribution is 2.21. The van der Waals surface area contributed by atoms with Gasteiger partial charge in [-0.05, 0) is 48.4 Å². The second-order valence-corrected chi connectivity index (χ2v) is 5.99. The van der Waals surface area contributed by atoms with Gasteiger partial charge in [0.25, 0.3) is 0 Å². The van der Waals surface area contributed by atoms with Gasteiger partial charge in [0.15, 0.2) is 0 Å². The molecule has 0 fully saturated rings. The van der Waals surface area contributed by atoms with Crippen molar-refractivity contribution in [2.75, 3.05) is 10.6 Å². The van der Waals surface area contributed by atoms with E-state index in [9.17, 15) is 4.79 Å². The molecular formula is C22H19N3O. The van der Waals surface area contributed by atoms with E-state index in [-0.39, 0.29) is 5.91 Å². The Morgan fingerprint density at radius 2 is 1.58 bits per heavy atom. The first-order valence-corrected chi connectivity index (χ1v) is 8.39. The van der Waals surface area contributed by atoms with Gasteiger partial charge in [0.1, 0.15) is 6.04 Å². The molecule has 4 heteroatoms. The van der Waals surface area contributed by atoms with Gasteiger partial charge < -0.3 is 10.6 Å². The molecule has 0 saturated heterocycles. The number of nitrogens with zero attached hydrogens (tertiary/aromatic N) is 1. The Bertz CT molecular complexity index is 928. The topological polar surface area (TPSA) is 64.9 Å². The molecule has 128 valence electrons. The van der Waals surface area contributed by atoms with Crippen molar-refractivity contribution in [2.45, 2.75) is 13.0 Å². The van der Waals surface area contributed by atoms with E-state index >= 15 is 0 Å². The third-order valence-electron chi connectivity index (χ3n) is 4.03. The van der Waals surface area contributed by atoms with Crippen LogP contribution in [-0.2, 0) is 4.79 Å². The molecule has 0 radical (unpaired) electrons. The Kier molecular flexibility index (Phi) is 5.31. The van der Waals surface area contributed by atoms with Gasteiger partial charge in [-0.2, -0.15) is 5.26 Å². The Hall–Kier alpha value is -3.58. The summed E-state index contributed by atoms with van der Waals surface area (Å²) < 4.78 is 0. The minimum absolute atomic E-state index is 0.160. The van der Waals surface area contributed by atoms with E-state index in [0.717, 1.165) is 16.8 Å². The Labute approximate surface area is 153 Å². The predicted octanol–water partition coefficient (Wildman–Crippen LogP) is 4.66. The molecule has 3 aromatic carbocycles. The van der Waals surface area contributed by atoms with Crippen molar-refractivity contribution >= 4 is 17.3 Å². The maximum atomic E-state index is 12.3. The summed E-state index contributed by atoms with van der Waals surface area (Å²) in [6.45, 7) is 1.80. The van der Waals surface area contributed by atoms with E-state index in [2.05, 4.69) is 28.8 Å². The highest BCUT2D eigenvalue weighted by atomic mass is 16.2. The summed E-state index contributed by atoms with van der Waals surface area (Å²) in [6.07, 6.45) is 0. The average Bonchev–Trinajstić information content (AvgIpc) is 2.69. The van der Waals surface area contributed by atoms with Crippen molar-refractivity contribution in [3.63, 3.8) is 0 Å². The minimum Gasteiger partial charge on any atom is -0.374 e. The van der Waals surface area contributed by atoms with Crippen LogP contribution < -0.4 is 10.6 Å². The van der Waals surface area contributed by atoms with E-state index in [1.165, 1.54) is 0 Å². The molecule has 0 aromatic heterocycles. The minimum atomic E-state index is -0.414. The molecule has 3 aromatic rings. The van der Waals surface area contributed by atoms with Crippen LogP contribution in [0.2, 0.25) is 0 Å². The van der Waals surface area contributed by atoms with Crippen molar-refractivity contribution in [3.05, 3.63) is 84.4 Å². The summed E-state index contributed by atoms with van der Waals surface area (Å²) in [5, 5.41) is 14.9. The number of nitrogens with one attached hydrogen (secondary N) is 2. The SMILES string of the molecule is C[C@@H](Nc1ccc(-c2ccccc2)cc1)C(=O)Nc1cccc(C#N)c1. The number of anilines is 2. The van der Waals surface area contributed by atoms with Gasteiger partial charge >= 0.3 is 0 Å². The fraction of sp³-hybridized carbons (Fsp3) is 0.0909. The zero-order valence-corrected chi connectivity index (χ0v) is 14.4. The van der Waals surface area contributed by atoms with Crippen LogP contribution in [0.3, 0.4) is 0 Å². The molecule has 4 nitrogen and oxygen atoms in total. The molecule has 2 N–H and O–H groups in total. The second kappa shape index (κ2) is 8.00. The number of benzene rings is 3. The zero-order chi connectivity index (χ0) is 18.4. The van der Waals surface area contributed by atoms with Gasteiger partial charge in [-0.1, -0.05) is 48.5 Å². The highest BCUT2D eigenvalue weighted by Gasteiger charge is 2.13. The van der Waals surface area contributed by atoms with E-state index in [4.69, 9.17) is 5.26 Å². The van der Waals surface area contributed by atoms with Gasteiger partial charge in [0.05, 0.1) is 11.6 Å². The molecular weight excluding hydrogens is 322 g/mol. The third kappa shape index (κ3) is 4.28. The van der Waals surface area contributed by atoms with Crippen molar-refractivity contribution in [1.29, 1.82) is 5.26 Å². The average molecular weight is 341 g/mol. The predicted molar refractivity (Wildman–Crippen MR) is 105 cm³/mol. The lowest BCUT2D eigenvalue weighted by molar-refractivity contribution is -0.116. The van der Waals surface area contributed by atoms with Crippen LogP contribution in [0.25, 0.3) is 11.1 Å². The second-order valence-electron chi connectivity index (χ2n) is 5.99. The fourth-order valence-corrected chi connectivity index (χ4v) is 2.62. The third-order valence-corrected chi connectivity index (χ3v) is 4.03. The monoisotopic (exact) mass is 341 g/mol. The lowest BCUT2D eigenvalue weighted by atomic mass is 10.1. The smallest absolute Gasteiger partial charge is 0.246 e. The molecule has 0 bridgehead atoms. The molecule has 26 heavy (non-hydrogen) atoms. The van der Waals surface area contributed by atoms with Gasteiger partial charge in [-0.3, -0.25) is 4.79 Å². The molecule has 0 aliphatic heterocycles. The van der Waals surface area contributed by atoms with E-state index in [1.54, 1.807) is 31.2 Å². The number of carbonyl (C=O) groups excluding carboxylic acids is 1. The molecule has 0 aliphatic carbocycles. The molecule has 0 unspecified atom stereocenters. The molecule has 1 amide bonds. The first-order chi connectivity index (χ1) is 12.7. The molecule has 1 atom stereocenters. The maximum Gasteiger partial charge on any atom is 0.246 e. The normalized spacial score (nSPS) is 11.2. The summed E-state index contributed by atoms with van der Waals surface area (Å²) in [5.41, 5.74) is 4.28. The van der Waals surface area contributed by atoms with Crippen molar-refractivity contribution in [3.8, 4) is 17.2 Å². The first kappa shape index (κ1) is 17.2. The number of hydrogen-bond donors (Lipinski definition) is 2. The van der Waals surface area contributed by atoms with Crippen LogP contribution in [0.1, 0.15) is 12.5 Å². The lowest BCUT2D eigenvalue weighted by Gasteiger charge is -2.16. The fourth-order valence-electron chi connectivity index (χ4n) is 2.62. The summed E-state index contributed by atoms with van der Waals surface area (Å²) >= 11 is 0. The number of amides is 1. The van der Waals surface area contributed by atoms with Crippen LogP contribution >= 0.6 is 0 Å². The van der Waals surface area contributed by atoms with Crippen LogP contribution in [0, 0.1) is 11.3 Å². The molecule has 0 saturated carbocycles. The van der Waals surface area contributed by atoms with E-state index in [1.807, 2.05) is 42.5 Å². The van der Waals surface area contributed by atoms with Gasteiger partial charge in [0, 0.05) is 11.4 Å². The summed E-state index contributed by atoms with van der Waals surface area (Å²) in [5.74, 6) is -0.160. The number of hydrogen-bond acceptors (Lipinski definition) is 3. The first-order valence-electron chi connectivity index (χ1n) is 8.39. The van der Waals surface area contributed by atoms with E-state index in [0.29, 0.717) is 11.3 Å². The van der Waals surface area contributed by atoms with Crippen LogP contribution in [-0.4, -0.2) is 11.9 Å². The Morgan fingerprint density at radius 1 is 0.885 bits per heavy atom. The van der Waals surface area contributed by atoms with Crippen LogP contribution in [0.15, 0.2) is 78.9 Å². The summed E-state index contributed by atoms with van der Waals surface area (Å²) in [4.78, 5) is 12.3. The Balaban J connectivity index is 1.63. The molecule has 0 heterocycles.